The molecular formula is C10H8Cl2N2O2. The van der Waals surface area contributed by atoms with E-state index in [0.717, 1.165) is 0 Å². The first kappa shape index (κ1) is 11.2. The van der Waals surface area contributed by atoms with E-state index < -0.39 is 12.0 Å². The van der Waals surface area contributed by atoms with Crippen molar-refractivity contribution in [1.29, 1.82) is 0 Å². The van der Waals surface area contributed by atoms with Crippen LogP contribution in [0.3, 0.4) is 0 Å². The van der Waals surface area contributed by atoms with Crippen molar-refractivity contribution < 1.29 is 9.90 Å². The molecule has 0 amide bonds. The average molecular weight is 259 g/mol. The second-order valence-corrected chi connectivity index (χ2v) is 4.23. The Balaban J connectivity index is 2.31. The fourth-order valence-corrected chi connectivity index (χ4v) is 1.85. The van der Waals surface area contributed by atoms with Crippen LogP contribution in [0.5, 0.6) is 0 Å². The predicted molar refractivity (Wildman–Crippen MR) is 63.3 cm³/mol. The van der Waals surface area contributed by atoms with E-state index >= 15 is 0 Å². The van der Waals surface area contributed by atoms with Crippen molar-refractivity contribution in [2.24, 2.45) is 5.10 Å². The van der Waals surface area contributed by atoms with Crippen LogP contribution in [0.2, 0.25) is 5.02 Å². The van der Waals surface area contributed by atoms with Crippen molar-refractivity contribution in [2.45, 2.75) is 12.5 Å². The molecule has 1 N–H and O–H groups in total. The third-order valence-corrected chi connectivity index (χ3v) is 2.73. The van der Waals surface area contributed by atoms with Gasteiger partial charge in [-0.05, 0) is 24.3 Å². The Bertz CT molecular complexity index is 445. The molecule has 1 aromatic carbocycles. The Morgan fingerprint density at radius 3 is 2.56 bits per heavy atom. The molecule has 2 rings (SSSR count). The summed E-state index contributed by atoms with van der Waals surface area (Å²) >= 11 is 11.5. The van der Waals surface area contributed by atoms with Gasteiger partial charge in [0.1, 0.15) is 5.17 Å². The van der Waals surface area contributed by atoms with Gasteiger partial charge in [0.25, 0.3) is 0 Å². The maximum atomic E-state index is 11.0. The molecule has 1 unspecified atom stereocenters. The van der Waals surface area contributed by atoms with Crippen LogP contribution in [-0.2, 0) is 4.79 Å². The number of carboxylic acids is 1. The van der Waals surface area contributed by atoms with Crippen molar-refractivity contribution in [3.63, 3.8) is 0 Å². The van der Waals surface area contributed by atoms with Gasteiger partial charge in [-0.2, -0.15) is 5.10 Å². The maximum absolute atomic E-state index is 11.0. The second kappa shape index (κ2) is 4.31. The number of benzene rings is 1. The highest BCUT2D eigenvalue weighted by atomic mass is 35.5. The number of aliphatic carboxylic acids is 1. The summed E-state index contributed by atoms with van der Waals surface area (Å²) in [4.78, 5) is 11.0. The fourth-order valence-electron chi connectivity index (χ4n) is 1.50. The average Bonchev–Trinajstić information content (AvgIpc) is 2.61. The van der Waals surface area contributed by atoms with E-state index in [1.165, 1.54) is 5.01 Å². The molecule has 0 aliphatic carbocycles. The summed E-state index contributed by atoms with van der Waals surface area (Å²) in [6.45, 7) is 0. The molecule has 1 atom stereocenters. The molecule has 0 radical (unpaired) electrons. The molecule has 6 heteroatoms. The van der Waals surface area contributed by atoms with Crippen LogP contribution in [0, 0.1) is 0 Å². The van der Waals surface area contributed by atoms with E-state index in [9.17, 15) is 4.79 Å². The number of hydrogen-bond donors (Lipinski definition) is 1. The number of anilines is 1. The number of halogens is 2. The number of carboxylic acid groups (broad SMARTS) is 1. The largest absolute Gasteiger partial charge is 0.480 e. The van der Waals surface area contributed by atoms with Crippen molar-refractivity contribution in [2.75, 3.05) is 5.01 Å². The van der Waals surface area contributed by atoms with Gasteiger partial charge in [-0.25, -0.2) is 9.80 Å². The monoisotopic (exact) mass is 258 g/mol. The zero-order valence-electron chi connectivity index (χ0n) is 8.10. The SMILES string of the molecule is O=C(O)C1CC(Cl)=NN1c1ccc(Cl)cc1. The first-order valence-electron chi connectivity index (χ1n) is 4.58. The second-order valence-electron chi connectivity index (χ2n) is 3.36. The minimum absolute atomic E-state index is 0.222. The lowest BCUT2D eigenvalue weighted by molar-refractivity contribution is -0.138. The Hall–Kier alpha value is -1.26. The molecule has 84 valence electrons. The van der Waals surface area contributed by atoms with Gasteiger partial charge in [-0.15, -0.1) is 0 Å². The molecule has 0 fully saturated rings. The zero-order chi connectivity index (χ0) is 11.7. The highest BCUT2D eigenvalue weighted by Gasteiger charge is 2.32. The molecule has 0 spiro atoms. The third-order valence-electron chi connectivity index (χ3n) is 2.25. The molecule has 0 saturated heterocycles. The van der Waals surface area contributed by atoms with Gasteiger partial charge in [0, 0.05) is 11.4 Å². The molecule has 0 saturated carbocycles. The highest BCUT2D eigenvalue weighted by molar-refractivity contribution is 6.66. The molecular weight excluding hydrogens is 251 g/mol. The minimum atomic E-state index is -0.950. The summed E-state index contributed by atoms with van der Waals surface area (Å²) in [7, 11) is 0. The molecule has 0 bridgehead atoms. The van der Waals surface area contributed by atoms with Crippen molar-refractivity contribution >= 4 is 40.0 Å². The molecule has 1 aliphatic rings. The first-order valence-corrected chi connectivity index (χ1v) is 5.34. The van der Waals surface area contributed by atoms with E-state index in [1.54, 1.807) is 24.3 Å². The van der Waals surface area contributed by atoms with E-state index in [-0.39, 0.29) is 6.42 Å². The number of nitrogens with zero attached hydrogens (tertiary/aromatic N) is 2. The van der Waals surface area contributed by atoms with E-state index in [1.807, 2.05) is 0 Å². The number of hydrazone groups is 1. The number of carbonyl (C=O) groups is 1. The maximum Gasteiger partial charge on any atom is 0.328 e. The summed E-state index contributed by atoms with van der Waals surface area (Å²) in [5.41, 5.74) is 0.660. The van der Waals surface area contributed by atoms with Crippen LogP contribution in [0.25, 0.3) is 0 Å². The van der Waals surface area contributed by atoms with Crippen LogP contribution in [-0.4, -0.2) is 22.3 Å². The van der Waals surface area contributed by atoms with Crippen LogP contribution in [0.1, 0.15) is 6.42 Å². The lowest BCUT2D eigenvalue weighted by Crippen LogP contribution is -2.34. The van der Waals surface area contributed by atoms with Crippen LogP contribution < -0.4 is 5.01 Å². The first-order chi connectivity index (χ1) is 7.58. The summed E-state index contributed by atoms with van der Waals surface area (Å²) in [6.07, 6.45) is 0.222. The van der Waals surface area contributed by atoms with Crippen LogP contribution >= 0.6 is 23.2 Å². The quantitative estimate of drug-likeness (QED) is 0.887. The Labute approximate surface area is 102 Å². The minimum Gasteiger partial charge on any atom is -0.480 e. The van der Waals surface area contributed by atoms with Crippen molar-refractivity contribution in [1.82, 2.24) is 0 Å². The van der Waals surface area contributed by atoms with Gasteiger partial charge in [0.05, 0.1) is 5.69 Å². The van der Waals surface area contributed by atoms with Crippen molar-refractivity contribution in [3.8, 4) is 0 Å². The lowest BCUT2D eigenvalue weighted by atomic mass is 10.2. The summed E-state index contributed by atoms with van der Waals surface area (Å²) in [5, 5.41) is 15.3. The molecule has 4 nitrogen and oxygen atoms in total. The Morgan fingerprint density at radius 2 is 2.00 bits per heavy atom. The zero-order valence-corrected chi connectivity index (χ0v) is 9.61. The van der Waals surface area contributed by atoms with E-state index in [2.05, 4.69) is 5.10 Å². The molecule has 16 heavy (non-hydrogen) atoms. The Morgan fingerprint density at radius 1 is 1.38 bits per heavy atom. The van der Waals surface area contributed by atoms with Crippen LogP contribution in [0.4, 0.5) is 5.69 Å². The number of hydrogen-bond acceptors (Lipinski definition) is 3. The normalized spacial score (nSPS) is 19.8. The van der Waals surface area contributed by atoms with Gasteiger partial charge in [-0.3, -0.25) is 0 Å². The third kappa shape index (κ3) is 2.13. The fraction of sp³-hybridized carbons (Fsp3) is 0.200. The summed E-state index contributed by atoms with van der Waals surface area (Å²) < 4.78 is 0. The molecule has 1 heterocycles. The smallest absolute Gasteiger partial charge is 0.328 e. The van der Waals surface area contributed by atoms with E-state index in [4.69, 9.17) is 28.3 Å². The van der Waals surface area contributed by atoms with Gasteiger partial charge >= 0.3 is 5.97 Å². The molecule has 1 aliphatic heterocycles. The van der Waals surface area contributed by atoms with Gasteiger partial charge in [0.2, 0.25) is 0 Å². The van der Waals surface area contributed by atoms with E-state index in [0.29, 0.717) is 15.9 Å². The molecule has 0 aromatic heterocycles. The standard InChI is InChI=1S/C10H8Cl2N2O2/c11-6-1-3-7(4-2-6)14-8(10(15)16)5-9(12)13-14/h1-4,8H,5H2,(H,15,16). The molecule has 1 aromatic rings. The van der Waals surface area contributed by atoms with Crippen molar-refractivity contribution in [3.05, 3.63) is 29.3 Å². The number of rotatable bonds is 2. The predicted octanol–water partition coefficient (Wildman–Crippen LogP) is 2.56. The summed E-state index contributed by atoms with van der Waals surface area (Å²) in [6, 6.07) is 6.03. The topological polar surface area (TPSA) is 52.9 Å². The van der Waals surface area contributed by atoms with Gasteiger partial charge in [0.15, 0.2) is 6.04 Å². The lowest BCUT2D eigenvalue weighted by Gasteiger charge is -2.19. The Kier molecular flexibility index (Phi) is 3.03. The van der Waals surface area contributed by atoms with Crippen LogP contribution in [0.15, 0.2) is 29.4 Å². The highest BCUT2D eigenvalue weighted by Crippen LogP contribution is 2.26. The van der Waals surface area contributed by atoms with Gasteiger partial charge in [-0.1, -0.05) is 23.2 Å². The summed E-state index contributed by atoms with van der Waals surface area (Å²) in [5.74, 6) is -0.950. The van der Waals surface area contributed by atoms with Gasteiger partial charge < -0.3 is 5.11 Å².